The van der Waals surface area contributed by atoms with Gasteiger partial charge in [0, 0.05) is 5.92 Å². The summed E-state index contributed by atoms with van der Waals surface area (Å²) in [6.45, 7) is 0. The van der Waals surface area contributed by atoms with Gasteiger partial charge in [-0.3, -0.25) is 0 Å². The molecule has 0 heteroatoms. The second kappa shape index (κ2) is 5.39. The lowest BCUT2D eigenvalue weighted by molar-refractivity contribution is 0.547. The molecule has 18 heavy (non-hydrogen) atoms. The molecular weight excluding hydrogens is 216 g/mol. The van der Waals surface area contributed by atoms with Gasteiger partial charge in [0.05, 0.1) is 0 Å². The van der Waals surface area contributed by atoms with E-state index in [2.05, 4.69) is 67.1 Å². The van der Waals surface area contributed by atoms with Gasteiger partial charge in [0.15, 0.2) is 0 Å². The Labute approximate surface area is 110 Å². The minimum atomic E-state index is 0.537. The van der Waals surface area contributed by atoms with Crippen LogP contribution in [0.25, 0.3) is 0 Å². The fraction of sp³-hybridized carbons (Fsp3) is 0.278. The first-order chi connectivity index (χ1) is 8.95. The number of hydrogen-bond donors (Lipinski definition) is 0. The molecule has 1 aliphatic rings. The number of hydrogen-bond acceptors (Lipinski definition) is 0. The molecule has 0 spiro atoms. The second-order valence-electron chi connectivity index (χ2n) is 5.13. The lowest BCUT2D eigenvalue weighted by Gasteiger charge is -2.24. The first-order valence-corrected chi connectivity index (χ1v) is 6.88. The lowest BCUT2D eigenvalue weighted by atomic mass is 9.80. The average molecular weight is 235 g/mol. The van der Waals surface area contributed by atoms with Crippen molar-refractivity contribution in [2.24, 2.45) is 5.92 Å². The molecule has 1 fully saturated rings. The zero-order chi connectivity index (χ0) is 12.2. The molecule has 1 unspecified atom stereocenters. The van der Waals surface area contributed by atoms with Crippen molar-refractivity contribution in [1.82, 2.24) is 0 Å². The van der Waals surface area contributed by atoms with Gasteiger partial charge in [-0.2, -0.15) is 0 Å². The Hall–Kier alpha value is -1.56. The first-order valence-electron chi connectivity index (χ1n) is 6.88. The number of benzene rings is 2. The van der Waals surface area contributed by atoms with E-state index in [1.165, 1.54) is 30.4 Å². The highest BCUT2D eigenvalue weighted by Crippen LogP contribution is 2.40. The van der Waals surface area contributed by atoms with Crippen LogP contribution in [0.2, 0.25) is 0 Å². The van der Waals surface area contributed by atoms with Crippen LogP contribution in [0.15, 0.2) is 60.7 Å². The Bertz CT molecular complexity index is 426. The van der Waals surface area contributed by atoms with Gasteiger partial charge in [-0.15, -0.1) is 0 Å². The van der Waals surface area contributed by atoms with Crippen LogP contribution in [0, 0.1) is 12.3 Å². The zero-order valence-electron chi connectivity index (χ0n) is 10.6. The second-order valence-corrected chi connectivity index (χ2v) is 5.13. The molecule has 0 amide bonds. The maximum Gasteiger partial charge on any atom is 0.0120 e. The van der Waals surface area contributed by atoms with Gasteiger partial charge in [-0.1, -0.05) is 67.1 Å². The van der Waals surface area contributed by atoms with Crippen LogP contribution in [0.1, 0.15) is 36.3 Å². The van der Waals surface area contributed by atoms with E-state index < -0.39 is 0 Å². The third-order valence-corrected chi connectivity index (χ3v) is 3.96. The van der Waals surface area contributed by atoms with Crippen LogP contribution in [0.3, 0.4) is 0 Å². The number of rotatable bonds is 3. The molecule has 91 valence electrons. The summed E-state index contributed by atoms with van der Waals surface area (Å²) >= 11 is 0. The molecule has 2 aromatic carbocycles. The summed E-state index contributed by atoms with van der Waals surface area (Å²) in [7, 11) is 0. The summed E-state index contributed by atoms with van der Waals surface area (Å²) in [5.74, 6) is 1.24. The average Bonchev–Trinajstić information content (AvgIpc) is 2.95. The molecule has 0 aromatic heterocycles. The van der Waals surface area contributed by atoms with E-state index in [0.29, 0.717) is 11.8 Å². The summed E-state index contributed by atoms with van der Waals surface area (Å²) < 4.78 is 0. The minimum absolute atomic E-state index is 0.537. The van der Waals surface area contributed by atoms with Crippen molar-refractivity contribution < 1.29 is 0 Å². The Kier molecular flexibility index (Phi) is 3.45. The van der Waals surface area contributed by atoms with Crippen molar-refractivity contribution in [3.05, 3.63) is 78.2 Å². The van der Waals surface area contributed by atoms with Crippen LogP contribution in [-0.2, 0) is 0 Å². The van der Waals surface area contributed by atoms with E-state index in [0.717, 1.165) is 0 Å². The van der Waals surface area contributed by atoms with Crippen molar-refractivity contribution in [3.63, 3.8) is 0 Å². The van der Waals surface area contributed by atoms with E-state index >= 15 is 0 Å². The van der Waals surface area contributed by atoms with E-state index in [1.54, 1.807) is 0 Å². The molecule has 0 saturated heterocycles. The molecule has 0 heterocycles. The molecule has 3 rings (SSSR count). The molecular formula is C18H19. The third-order valence-electron chi connectivity index (χ3n) is 3.96. The fourth-order valence-electron chi connectivity index (χ4n) is 3.11. The summed E-state index contributed by atoms with van der Waals surface area (Å²) in [6, 6.07) is 21.9. The Morgan fingerprint density at radius 1 is 0.778 bits per heavy atom. The summed E-state index contributed by atoms with van der Waals surface area (Å²) in [4.78, 5) is 0. The van der Waals surface area contributed by atoms with Gasteiger partial charge in [0.2, 0.25) is 0 Å². The molecule has 0 N–H and O–H groups in total. The Balaban J connectivity index is 1.98. The van der Waals surface area contributed by atoms with E-state index in [-0.39, 0.29) is 0 Å². The maximum absolute atomic E-state index is 2.52. The van der Waals surface area contributed by atoms with Crippen LogP contribution in [0.5, 0.6) is 0 Å². The fourth-order valence-corrected chi connectivity index (χ4v) is 3.11. The standard InChI is InChI=1S/C18H19/c1-3-9-15(10-4-1)18(17-13-7-8-14-17)16-11-5-2-6-12-16/h1-6,9-13,17-18H,7-8,14H2. The van der Waals surface area contributed by atoms with Gasteiger partial charge in [-0.25, -0.2) is 0 Å². The molecule has 1 atom stereocenters. The molecule has 2 aromatic rings. The summed E-state index contributed by atoms with van der Waals surface area (Å²) in [6.07, 6.45) is 6.47. The van der Waals surface area contributed by atoms with Crippen molar-refractivity contribution in [3.8, 4) is 0 Å². The highest BCUT2D eigenvalue weighted by molar-refractivity contribution is 5.34. The first kappa shape index (κ1) is 11.5. The van der Waals surface area contributed by atoms with Crippen LogP contribution < -0.4 is 0 Å². The monoisotopic (exact) mass is 235 g/mol. The molecule has 0 bridgehead atoms. The van der Waals surface area contributed by atoms with Crippen molar-refractivity contribution >= 4 is 0 Å². The maximum atomic E-state index is 2.52. The zero-order valence-corrected chi connectivity index (χ0v) is 10.6. The molecule has 1 aliphatic carbocycles. The van der Waals surface area contributed by atoms with Crippen molar-refractivity contribution in [1.29, 1.82) is 0 Å². The molecule has 1 saturated carbocycles. The quantitative estimate of drug-likeness (QED) is 0.715. The Morgan fingerprint density at radius 3 is 1.78 bits per heavy atom. The van der Waals surface area contributed by atoms with E-state index in [1.807, 2.05) is 0 Å². The van der Waals surface area contributed by atoms with Crippen molar-refractivity contribution in [2.75, 3.05) is 0 Å². The highest BCUT2D eigenvalue weighted by atomic mass is 14.3. The van der Waals surface area contributed by atoms with Gasteiger partial charge >= 0.3 is 0 Å². The highest BCUT2D eigenvalue weighted by Gasteiger charge is 2.27. The van der Waals surface area contributed by atoms with Gasteiger partial charge in [0.25, 0.3) is 0 Å². The third kappa shape index (κ3) is 2.33. The SMILES string of the molecule is [CH]1CCCC1C(c1ccccc1)c1ccccc1. The lowest BCUT2D eigenvalue weighted by Crippen LogP contribution is -2.11. The van der Waals surface area contributed by atoms with Crippen LogP contribution in [-0.4, -0.2) is 0 Å². The smallest absolute Gasteiger partial charge is 0.0120 e. The predicted octanol–water partition coefficient (Wildman–Crippen LogP) is 4.82. The molecule has 1 radical (unpaired) electrons. The predicted molar refractivity (Wildman–Crippen MR) is 76.4 cm³/mol. The van der Waals surface area contributed by atoms with Crippen LogP contribution >= 0.6 is 0 Å². The van der Waals surface area contributed by atoms with Gasteiger partial charge < -0.3 is 0 Å². The Morgan fingerprint density at radius 2 is 1.33 bits per heavy atom. The van der Waals surface area contributed by atoms with E-state index in [9.17, 15) is 0 Å². The summed E-state index contributed by atoms with van der Waals surface area (Å²) in [5.41, 5.74) is 2.90. The topological polar surface area (TPSA) is 0 Å². The molecule has 0 aliphatic heterocycles. The minimum Gasteiger partial charge on any atom is -0.0622 e. The van der Waals surface area contributed by atoms with Crippen LogP contribution in [0.4, 0.5) is 0 Å². The van der Waals surface area contributed by atoms with Crippen molar-refractivity contribution in [2.45, 2.75) is 25.2 Å². The normalized spacial score (nSPS) is 16.3. The summed E-state index contributed by atoms with van der Waals surface area (Å²) in [5, 5.41) is 0. The largest absolute Gasteiger partial charge is 0.0622 e. The van der Waals surface area contributed by atoms with E-state index in [4.69, 9.17) is 0 Å². The van der Waals surface area contributed by atoms with Gasteiger partial charge in [-0.05, 0) is 36.3 Å². The molecule has 0 nitrogen and oxygen atoms in total. The van der Waals surface area contributed by atoms with Gasteiger partial charge in [0.1, 0.15) is 0 Å².